The first-order chi connectivity index (χ1) is 9.37. The molecule has 2 heterocycles. The van der Waals surface area contributed by atoms with E-state index in [2.05, 4.69) is 10.2 Å². The fourth-order valence-electron chi connectivity index (χ4n) is 2.56. The zero-order valence-corrected chi connectivity index (χ0v) is 14.3. The highest BCUT2D eigenvalue weighted by molar-refractivity contribution is 5.85. The molecule has 1 aliphatic heterocycles. The molecule has 1 aromatic rings. The molecule has 130 valence electrons. The van der Waals surface area contributed by atoms with Crippen LogP contribution >= 0.6 is 24.8 Å². The van der Waals surface area contributed by atoms with Crippen molar-refractivity contribution in [1.82, 2.24) is 10.2 Å². The van der Waals surface area contributed by atoms with Crippen molar-refractivity contribution < 1.29 is 17.6 Å². The van der Waals surface area contributed by atoms with Crippen LogP contribution in [0, 0.1) is 13.8 Å². The first-order valence-corrected chi connectivity index (χ1v) is 6.95. The second-order valence-corrected chi connectivity index (χ2v) is 5.34. The van der Waals surface area contributed by atoms with E-state index in [0.29, 0.717) is 5.76 Å². The molecule has 22 heavy (non-hydrogen) atoms. The number of aryl methyl sites for hydroxylation is 2. The molecule has 8 heteroatoms. The summed E-state index contributed by atoms with van der Waals surface area (Å²) in [5.74, 6) is 1.44. The van der Waals surface area contributed by atoms with Gasteiger partial charge in [0.05, 0.1) is 6.04 Å². The molecule has 0 radical (unpaired) electrons. The van der Waals surface area contributed by atoms with Crippen LogP contribution in [-0.2, 0) is 0 Å². The zero-order chi connectivity index (χ0) is 14.8. The molecule has 1 N–H and O–H groups in total. The lowest BCUT2D eigenvalue weighted by Gasteiger charge is -2.34. The van der Waals surface area contributed by atoms with Gasteiger partial charge in [0.25, 0.3) is 0 Å². The third kappa shape index (κ3) is 5.99. The van der Waals surface area contributed by atoms with E-state index in [4.69, 9.17) is 4.42 Å². The van der Waals surface area contributed by atoms with Gasteiger partial charge in [0.1, 0.15) is 11.5 Å². The van der Waals surface area contributed by atoms with Crippen molar-refractivity contribution in [3.63, 3.8) is 0 Å². The number of nitrogens with zero attached hydrogens (tertiary/aromatic N) is 1. The first-order valence-electron chi connectivity index (χ1n) is 6.95. The van der Waals surface area contributed by atoms with Crippen LogP contribution in [0.5, 0.6) is 0 Å². The molecule has 3 nitrogen and oxygen atoms in total. The highest BCUT2D eigenvalue weighted by Crippen LogP contribution is 2.33. The van der Waals surface area contributed by atoms with Crippen LogP contribution in [0.3, 0.4) is 0 Å². The van der Waals surface area contributed by atoms with E-state index in [1.165, 1.54) is 0 Å². The molecule has 0 unspecified atom stereocenters. The predicted molar refractivity (Wildman–Crippen MR) is 85.2 cm³/mol. The second kappa shape index (κ2) is 9.01. The van der Waals surface area contributed by atoms with Crippen molar-refractivity contribution in [2.75, 3.05) is 26.2 Å². The summed E-state index contributed by atoms with van der Waals surface area (Å²) in [4.78, 5) is 2.08. The minimum Gasteiger partial charge on any atom is -0.464 e. The maximum absolute atomic E-state index is 12.5. The van der Waals surface area contributed by atoms with Crippen LogP contribution in [0.15, 0.2) is 10.5 Å². The summed E-state index contributed by atoms with van der Waals surface area (Å²) in [5, 5.41) is 3.22. The van der Waals surface area contributed by atoms with Crippen LogP contribution in [0.1, 0.15) is 36.0 Å². The quantitative estimate of drug-likeness (QED) is 0.876. The minimum atomic E-state index is -4.12. The molecule has 0 spiro atoms. The summed E-state index contributed by atoms with van der Waals surface area (Å²) >= 11 is 0. The Hall–Kier alpha value is -0.430. The summed E-state index contributed by atoms with van der Waals surface area (Å²) in [6, 6.07) is 1.59. The third-order valence-corrected chi connectivity index (χ3v) is 3.81. The standard InChI is InChI=1S/C14H21F3N2O.2ClH/c1-10-9-13(20-11(10)2)12(3-4-14(15,16)17)19-7-5-18-6-8-19;;/h9,12,18H,3-8H2,1-2H3;2*1H/t12-;;/m1../s1. The fraction of sp³-hybridized carbons (Fsp3) is 0.714. The van der Waals surface area contributed by atoms with Crippen molar-refractivity contribution in [2.24, 2.45) is 0 Å². The number of hydrogen-bond acceptors (Lipinski definition) is 3. The molecular formula is C14H23Cl2F3N2O. The summed E-state index contributed by atoms with van der Waals surface area (Å²) in [6.45, 7) is 6.88. The number of nitrogens with one attached hydrogen (secondary N) is 1. The van der Waals surface area contributed by atoms with Crippen LogP contribution in [-0.4, -0.2) is 37.3 Å². The lowest BCUT2D eigenvalue weighted by Crippen LogP contribution is -2.45. The van der Waals surface area contributed by atoms with Gasteiger partial charge >= 0.3 is 6.18 Å². The van der Waals surface area contributed by atoms with E-state index in [1.807, 2.05) is 19.9 Å². The smallest absolute Gasteiger partial charge is 0.389 e. The Morgan fingerprint density at radius 2 is 1.82 bits per heavy atom. The van der Waals surface area contributed by atoms with Crippen LogP contribution in [0.25, 0.3) is 0 Å². The minimum absolute atomic E-state index is 0. The third-order valence-electron chi connectivity index (χ3n) is 3.81. The van der Waals surface area contributed by atoms with Gasteiger partial charge in [0, 0.05) is 32.6 Å². The van der Waals surface area contributed by atoms with Crippen molar-refractivity contribution in [1.29, 1.82) is 0 Å². The number of furan rings is 1. The molecule has 1 atom stereocenters. The van der Waals surface area contributed by atoms with Gasteiger partial charge in [-0.15, -0.1) is 24.8 Å². The topological polar surface area (TPSA) is 28.4 Å². The van der Waals surface area contributed by atoms with Gasteiger partial charge in [-0.2, -0.15) is 13.2 Å². The zero-order valence-electron chi connectivity index (χ0n) is 12.7. The van der Waals surface area contributed by atoms with Gasteiger partial charge < -0.3 is 9.73 Å². The summed E-state index contributed by atoms with van der Waals surface area (Å²) in [6.07, 6.45) is -4.85. The highest BCUT2D eigenvalue weighted by Gasteiger charge is 2.32. The van der Waals surface area contributed by atoms with E-state index in [0.717, 1.165) is 37.5 Å². The maximum Gasteiger partial charge on any atom is 0.389 e. The van der Waals surface area contributed by atoms with Crippen LogP contribution in [0.2, 0.25) is 0 Å². The Kier molecular flexibility index (Phi) is 8.83. The molecule has 0 aromatic carbocycles. The van der Waals surface area contributed by atoms with Crippen molar-refractivity contribution in [3.8, 4) is 0 Å². The first kappa shape index (κ1) is 21.6. The largest absolute Gasteiger partial charge is 0.464 e. The summed E-state index contributed by atoms with van der Waals surface area (Å²) < 4.78 is 43.2. The number of halogens is 5. The molecule has 0 aliphatic carbocycles. The Balaban J connectivity index is 0.00000220. The average Bonchev–Trinajstić information content (AvgIpc) is 2.69. The van der Waals surface area contributed by atoms with E-state index >= 15 is 0 Å². The van der Waals surface area contributed by atoms with E-state index in [1.54, 1.807) is 0 Å². The molecule has 1 aromatic heterocycles. The fourth-order valence-corrected chi connectivity index (χ4v) is 2.56. The number of piperazine rings is 1. The molecule has 1 saturated heterocycles. The molecule has 0 bridgehead atoms. The van der Waals surface area contributed by atoms with Gasteiger partial charge in [0.15, 0.2) is 0 Å². The van der Waals surface area contributed by atoms with E-state index in [9.17, 15) is 13.2 Å². The van der Waals surface area contributed by atoms with Gasteiger partial charge in [-0.05, 0) is 31.9 Å². The monoisotopic (exact) mass is 362 g/mol. The molecule has 1 fully saturated rings. The van der Waals surface area contributed by atoms with E-state index < -0.39 is 12.6 Å². The highest BCUT2D eigenvalue weighted by atomic mass is 35.5. The number of alkyl halides is 3. The summed E-state index contributed by atoms with van der Waals surface area (Å²) in [5.41, 5.74) is 0.993. The molecule has 2 rings (SSSR count). The lowest BCUT2D eigenvalue weighted by molar-refractivity contribution is -0.138. The van der Waals surface area contributed by atoms with E-state index in [-0.39, 0.29) is 37.3 Å². The van der Waals surface area contributed by atoms with Gasteiger partial charge in [-0.3, -0.25) is 4.90 Å². The normalized spacial score (nSPS) is 17.5. The predicted octanol–water partition coefficient (Wildman–Crippen LogP) is 4.03. The summed E-state index contributed by atoms with van der Waals surface area (Å²) in [7, 11) is 0. The molecular weight excluding hydrogens is 340 g/mol. The SMILES string of the molecule is Cc1cc([C@@H](CCC(F)(F)F)N2CCNCC2)oc1C.Cl.Cl. The Morgan fingerprint density at radius 3 is 2.27 bits per heavy atom. The van der Waals surface area contributed by atoms with Gasteiger partial charge in [0.2, 0.25) is 0 Å². The maximum atomic E-state index is 12.5. The van der Waals surface area contributed by atoms with Crippen LogP contribution in [0.4, 0.5) is 13.2 Å². The molecule has 1 aliphatic rings. The van der Waals surface area contributed by atoms with Crippen molar-refractivity contribution in [2.45, 2.75) is 38.9 Å². The number of hydrogen-bond donors (Lipinski definition) is 1. The van der Waals surface area contributed by atoms with Crippen molar-refractivity contribution in [3.05, 3.63) is 23.2 Å². The van der Waals surface area contributed by atoms with Crippen molar-refractivity contribution >= 4 is 24.8 Å². The average molecular weight is 363 g/mol. The van der Waals surface area contributed by atoms with Gasteiger partial charge in [-0.1, -0.05) is 0 Å². The van der Waals surface area contributed by atoms with Gasteiger partial charge in [-0.25, -0.2) is 0 Å². The Bertz CT molecular complexity index is 426. The molecule has 0 amide bonds. The number of rotatable bonds is 4. The lowest BCUT2D eigenvalue weighted by atomic mass is 10.1. The van der Waals surface area contributed by atoms with Crippen LogP contribution < -0.4 is 5.32 Å². The Labute approximate surface area is 141 Å². The second-order valence-electron chi connectivity index (χ2n) is 5.34. The molecule has 0 saturated carbocycles. The Morgan fingerprint density at radius 1 is 1.23 bits per heavy atom.